The fourth-order valence-corrected chi connectivity index (χ4v) is 4.87. The lowest BCUT2D eigenvalue weighted by atomic mass is 9.96. The van der Waals surface area contributed by atoms with Gasteiger partial charge in [0.15, 0.2) is 5.76 Å². The number of morpholine rings is 1. The Labute approximate surface area is 206 Å². The van der Waals surface area contributed by atoms with Crippen LogP contribution in [0.1, 0.15) is 23.0 Å². The molecule has 0 spiro atoms. The number of hydrogen-bond acceptors (Lipinski definition) is 8. The molecule has 3 aromatic rings. The first-order valence-corrected chi connectivity index (χ1v) is 11.6. The number of carbonyl (C=O) groups excluding carboxylic acids is 2. The lowest BCUT2D eigenvalue weighted by Gasteiger charge is -2.31. The molecule has 36 heavy (non-hydrogen) atoms. The van der Waals surface area contributed by atoms with Gasteiger partial charge in [-0.1, -0.05) is 18.2 Å². The van der Waals surface area contributed by atoms with E-state index in [0.717, 1.165) is 0 Å². The van der Waals surface area contributed by atoms with Gasteiger partial charge in [-0.2, -0.15) is 0 Å². The Balaban J connectivity index is 1.63. The van der Waals surface area contributed by atoms with E-state index in [2.05, 4.69) is 9.88 Å². The molecule has 0 saturated carbocycles. The summed E-state index contributed by atoms with van der Waals surface area (Å²) in [6.45, 7) is 4.98. The van der Waals surface area contributed by atoms with E-state index in [1.54, 1.807) is 41.8 Å². The zero-order valence-corrected chi connectivity index (χ0v) is 19.7. The maximum absolute atomic E-state index is 13.3. The van der Waals surface area contributed by atoms with Gasteiger partial charge in [-0.05, 0) is 24.6 Å². The number of ether oxygens (including phenoxy) is 1. The average molecular weight is 492 g/mol. The van der Waals surface area contributed by atoms with Gasteiger partial charge in [-0.3, -0.25) is 29.0 Å². The van der Waals surface area contributed by atoms with E-state index in [1.807, 2.05) is 0 Å². The fourth-order valence-electron chi connectivity index (χ4n) is 4.87. The fraction of sp³-hybridized carbons (Fsp3) is 0.320. The summed E-state index contributed by atoms with van der Waals surface area (Å²) in [5, 5.41) is 22.9. The van der Waals surface area contributed by atoms with Crippen molar-refractivity contribution in [2.45, 2.75) is 13.0 Å². The number of nitro benzene ring substituents is 1. The van der Waals surface area contributed by atoms with Gasteiger partial charge in [-0.25, -0.2) is 4.98 Å². The number of aliphatic hydroxyl groups excluding tert-OH is 1. The molecule has 2 fully saturated rings. The molecule has 1 amide bonds. The van der Waals surface area contributed by atoms with Crippen LogP contribution in [0.2, 0.25) is 0 Å². The van der Waals surface area contributed by atoms with Crippen molar-refractivity contribution >= 4 is 28.8 Å². The number of nitrogens with zero attached hydrogens (tertiary/aromatic N) is 5. The molecule has 11 nitrogen and oxygen atoms in total. The highest BCUT2D eigenvalue weighted by atomic mass is 16.6. The number of aliphatic hydroxyl groups is 1. The van der Waals surface area contributed by atoms with Gasteiger partial charge in [0.2, 0.25) is 0 Å². The molecular formula is C25H25N5O6. The first-order valence-electron chi connectivity index (χ1n) is 11.6. The summed E-state index contributed by atoms with van der Waals surface area (Å²) < 4.78 is 7.03. The number of aromatic nitrogens is 2. The average Bonchev–Trinajstić information content (AvgIpc) is 3.35. The van der Waals surface area contributed by atoms with Crippen molar-refractivity contribution in [3.05, 3.63) is 81.3 Å². The number of ketones is 1. The van der Waals surface area contributed by atoms with E-state index in [4.69, 9.17) is 4.74 Å². The Morgan fingerprint density at radius 2 is 1.94 bits per heavy atom. The second-order valence-electron chi connectivity index (χ2n) is 8.77. The maximum atomic E-state index is 13.3. The number of non-ortho nitro benzene ring substituents is 1. The maximum Gasteiger partial charge on any atom is 0.295 e. The van der Waals surface area contributed by atoms with Gasteiger partial charge < -0.3 is 14.7 Å². The Morgan fingerprint density at radius 1 is 1.17 bits per heavy atom. The van der Waals surface area contributed by atoms with Gasteiger partial charge in [0.1, 0.15) is 11.3 Å². The van der Waals surface area contributed by atoms with Crippen LogP contribution >= 0.6 is 0 Å². The summed E-state index contributed by atoms with van der Waals surface area (Å²) in [5.74, 6) is -1.96. The van der Waals surface area contributed by atoms with Gasteiger partial charge >= 0.3 is 0 Å². The number of rotatable bonds is 6. The highest BCUT2D eigenvalue weighted by Gasteiger charge is 2.46. The molecule has 1 atom stereocenters. The van der Waals surface area contributed by atoms with Crippen LogP contribution in [0.15, 0.2) is 54.2 Å². The molecule has 186 valence electrons. The lowest BCUT2D eigenvalue weighted by Crippen LogP contribution is -2.42. The SMILES string of the molecule is Cc1nc2ccccn2c1C(O)=C1C(=O)C(=O)N(CCN2CCOCC2)[C@H]1c1cccc([N+](=O)[O-])c1. The van der Waals surface area contributed by atoms with Crippen LogP contribution in [-0.4, -0.2) is 80.3 Å². The number of Topliss-reactive ketones (excluding diaryl/α,β-unsaturated/α-hetero) is 1. The van der Waals surface area contributed by atoms with Crippen molar-refractivity contribution in [1.82, 2.24) is 19.2 Å². The molecule has 11 heteroatoms. The summed E-state index contributed by atoms with van der Waals surface area (Å²) in [6, 6.07) is 10.2. The second-order valence-corrected chi connectivity index (χ2v) is 8.77. The minimum atomic E-state index is -0.986. The normalized spacial score (nSPS) is 20.4. The highest BCUT2D eigenvalue weighted by molar-refractivity contribution is 6.46. The molecule has 1 aromatic carbocycles. The minimum absolute atomic E-state index is 0.115. The van der Waals surface area contributed by atoms with E-state index in [-0.39, 0.29) is 23.6 Å². The topological polar surface area (TPSA) is 131 Å². The van der Waals surface area contributed by atoms with Gasteiger partial charge in [0, 0.05) is 44.5 Å². The Hall–Kier alpha value is -4.09. The van der Waals surface area contributed by atoms with E-state index < -0.39 is 22.7 Å². The van der Waals surface area contributed by atoms with Gasteiger partial charge in [0.05, 0.1) is 35.4 Å². The number of benzene rings is 1. The predicted molar refractivity (Wildman–Crippen MR) is 129 cm³/mol. The van der Waals surface area contributed by atoms with Crippen LogP contribution in [0.3, 0.4) is 0 Å². The summed E-state index contributed by atoms with van der Waals surface area (Å²) in [6.07, 6.45) is 1.71. The van der Waals surface area contributed by atoms with Crippen LogP contribution in [0.4, 0.5) is 5.69 Å². The molecule has 2 aromatic heterocycles. The van der Waals surface area contributed by atoms with E-state index in [9.17, 15) is 24.8 Å². The molecule has 0 aliphatic carbocycles. The van der Waals surface area contributed by atoms with Crippen molar-refractivity contribution in [1.29, 1.82) is 0 Å². The van der Waals surface area contributed by atoms with Crippen LogP contribution in [0.5, 0.6) is 0 Å². The molecule has 5 rings (SSSR count). The molecule has 2 aliphatic rings. The molecule has 0 unspecified atom stereocenters. The number of nitro groups is 1. The molecule has 1 N–H and O–H groups in total. The third-order valence-corrected chi connectivity index (χ3v) is 6.63. The molecular weight excluding hydrogens is 466 g/mol. The number of carbonyl (C=O) groups is 2. The highest BCUT2D eigenvalue weighted by Crippen LogP contribution is 2.40. The van der Waals surface area contributed by atoms with Crippen LogP contribution in [0, 0.1) is 17.0 Å². The molecule has 0 radical (unpaired) electrons. The van der Waals surface area contributed by atoms with Gasteiger partial charge in [-0.15, -0.1) is 0 Å². The van der Waals surface area contributed by atoms with E-state index in [1.165, 1.54) is 23.1 Å². The van der Waals surface area contributed by atoms with E-state index >= 15 is 0 Å². The van der Waals surface area contributed by atoms with Crippen molar-refractivity contribution in [2.24, 2.45) is 0 Å². The monoisotopic (exact) mass is 491 g/mol. The lowest BCUT2D eigenvalue weighted by molar-refractivity contribution is -0.384. The molecule has 2 saturated heterocycles. The van der Waals surface area contributed by atoms with Crippen molar-refractivity contribution in [3.8, 4) is 0 Å². The standard InChI is InChI=1S/C25H25N5O6/c1-16-21(28-8-3-2-7-19(28)26-16)23(31)20-22(17-5-4-6-18(15-17)30(34)35)29(25(33)24(20)32)10-9-27-11-13-36-14-12-27/h2-8,15,22,31H,9-14H2,1H3/t22-/m0/s1. The molecule has 0 bridgehead atoms. The quantitative estimate of drug-likeness (QED) is 0.183. The third kappa shape index (κ3) is 4.12. The van der Waals surface area contributed by atoms with Gasteiger partial charge in [0.25, 0.3) is 17.4 Å². The largest absolute Gasteiger partial charge is 0.505 e. The van der Waals surface area contributed by atoms with Crippen molar-refractivity contribution < 1.29 is 24.4 Å². The molecule has 2 aliphatic heterocycles. The van der Waals surface area contributed by atoms with Crippen LogP contribution < -0.4 is 0 Å². The van der Waals surface area contributed by atoms with Crippen LogP contribution in [-0.2, 0) is 14.3 Å². The summed E-state index contributed by atoms with van der Waals surface area (Å²) in [5.41, 5.74) is 1.44. The number of amides is 1. The number of pyridine rings is 1. The zero-order valence-electron chi connectivity index (χ0n) is 19.7. The summed E-state index contributed by atoms with van der Waals surface area (Å²) in [4.78, 5) is 45.5. The smallest absolute Gasteiger partial charge is 0.295 e. The Bertz CT molecular complexity index is 1390. The number of aryl methyl sites for hydroxylation is 1. The summed E-state index contributed by atoms with van der Waals surface area (Å²) >= 11 is 0. The van der Waals surface area contributed by atoms with Crippen molar-refractivity contribution in [2.75, 3.05) is 39.4 Å². The first kappa shape index (κ1) is 23.6. The number of hydrogen-bond donors (Lipinski definition) is 1. The first-order chi connectivity index (χ1) is 17.4. The zero-order chi connectivity index (χ0) is 25.4. The van der Waals surface area contributed by atoms with Crippen LogP contribution in [0.25, 0.3) is 11.4 Å². The molecule has 4 heterocycles. The van der Waals surface area contributed by atoms with Crippen molar-refractivity contribution in [3.63, 3.8) is 0 Å². The predicted octanol–water partition coefficient (Wildman–Crippen LogP) is 2.30. The third-order valence-electron chi connectivity index (χ3n) is 6.63. The number of imidazole rings is 1. The number of likely N-dealkylation sites (tertiary alicyclic amines) is 1. The Morgan fingerprint density at radius 3 is 2.69 bits per heavy atom. The minimum Gasteiger partial charge on any atom is -0.505 e. The summed E-state index contributed by atoms with van der Waals surface area (Å²) in [7, 11) is 0. The van der Waals surface area contributed by atoms with E-state index in [0.29, 0.717) is 55.4 Å². The Kier molecular flexibility index (Phi) is 6.25. The number of fused-ring (bicyclic) bond motifs is 1. The second kappa shape index (κ2) is 9.51.